The predicted octanol–water partition coefficient (Wildman–Crippen LogP) is 3.27. The first kappa shape index (κ1) is 23.1. The third kappa shape index (κ3) is 6.97. The van der Waals surface area contributed by atoms with Crippen molar-refractivity contribution in [1.82, 2.24) is 15.5 Å². The summed E-state index contributed by atoms with van der Waals surface area (Å²) in [6.45, 7) is 4.17. The molecule has 3 rings (SSSR count). The Morgan fingerprint density at radius 1 is 1.16 bits per heavy atom. The molecule has 2 aliphatic rings. The monoisotopic (exact) mass is 427 g/mol. The molecule has 1 aliphatic carbocycles. The lowest BCUT2D eigenvalue weighted by Crippen LogP contribution is -2.45. The number of benzene rings is 1. The number of nitrogens with zero attached hydrogens (tertiary/aromatic N) is 2. The standard InChI is InChI=1S/C24H37N5O2/c1-3-8-22(30)27-20-12-7-9-18(15-20)16-26-24(25-2)28-21-13-14-29(17-21)23(31)19-10-5-4-6-11-19/h7,9,12,15,19,21H,3-6,8,10-11,13-14,16-17H2,1-2H3,(H,27,30)(H2,25,26,28). The molecule has 170 valence electrons. The molecule has 0 spiro atoms. The molecular formula is C24H37N5O2. The topological polar surface area (TPSA) is 85.8 Å². The van der Waals surface area contributed by atoms with Crippen LogP contribution in [-0.2, 0) is 16.1 Å². The first-order valence-electron chi connectivity index (χ1n) is 11.7. The van der Waals surface area contributed by atoms with Gasteiger partial charge >= 0.3 is 0 Å². The Kier molecular flexibility index (Phi) is 8.74. The van der Waals surface area contributed by atoms with Crippen LogP contribution in [0.25, 0.3) is 0 Å². The van der Waals surface area contributed by atoms with Crippen molar-refractivity contribution < 1.29 is 9.59 Å². The molecule has 1 aromatic rings. The Morgan fingerprint density at radius 3 is 2.71 bits per heavy atom. The normalized spacial score (nSPS) is 19.9. The lowest BCUT2D eigenvalue weighted by Gasteiger charge is -2.26. The smallest absolute Gasteiger partial charge is 0.225 e. The van der Waals surface area contributed by atoms with Gasteiger partial charge in [0.15, 0.2) is 5.96 Å². The minimum atomic E-state index is 0.0404. The summed E-state index contributed by atoms with van der Waals surface area (Å²) in [6.07, 6.45) is 8.05. The second-order valence-electron chi connectivity index (χ2n) is 8.67. The number of rotatable bonds is 7. The van der Waals surface area contributed by atoms with Gasteiger partial charge in [-0.05, 0) is 43.4 Å². The van der Waals surface area contributed by atoms with Crippen LogP contribution in [-0.4, -0.2) is 48.9 Å². The van der Waals surface area contributed by atoms with Gasteiger partial charge in [-0.3, -0.25) is 14.6 Å². The van der Waals surface area contributed by atoms with Crippen molar-refractivity contribution in [2.24, 2.45) is 10.9 Å². The van der Waals surface area contributed by atoms with Crippen molar-refractivity contribution in [1.29, 1.82) is 0 Å². The summed E-state index contributed by atoms with van der Waals surface area (Å²) in [4.78, 5) is 31.0. The highest BCUT2D eigenvalue weighted by molar-refractivity contribution is 5.90. The molecule has 2 amide bonds. The van der Waals surface area contributed by atoms with Gasteiger partial charge in [0.05, 0.1) is 0 Å². The number of hydrogen-bond acceptors (Lipinski definition) is 3. The number of guanidine groups is 1. The van der Waals surface area contributed by atoms with Crippen molar-refractivity contribution in [3.63, 3.8) is 0 Å². The Bertz CT molecular complexity index is 773. The van der Waals surface area contributed by atoms with Gasteiger partial charge in [0.25, 0.3) is 0 Å². The third-order valence-corrected chi connectivity index (χ3v) is 6.17. The van der Waals surface area contributed by atoms with Crippen molar-refractivity contribution >= 4 is 23.5 Å². The Labute approximate surface area is 186 Å². The lowest BCUT2D eigenvalue weighted by atomic mass is 9.88. The maximum Gasteiger partial charge on any atom is 0.225 e. The average molecular weight is 428 g/mol. The zero-order valence-electron chi connectivity index (χ0n) is 19.0. The molecule has 7 nitrogen and oxygen atoms in total. The van der Waals surface area contributed by atoms with E-state index in [1.54, 1.807) is 7.05 Å². The Balaban J connectivity index is 1.46. The highest BCUT2D eigenvalue weighted by Gasteiger charge is 2.31. The van der Waals surface area contributed by atoms with E-state index in [1.807, 2.05) is 36.1 Å². The number of aliphatic imine (C=N–C) groups is 1. The van der Waals surface area contributed by atoms with E-state index in [1.165, 1.54) is 19.3 Å². The quantitative estimate of drug-likeness (QED) is 0.460. The molecule has 0 aromatic heterocycles. The molecule has 3 N–H and O–H groups in total. The first-order chi connectivity index (χ1) is 15.1. The minimum Gasteiger partial charge on any atom is -0.352 e. The van der Waals surface area contributed by atoms with Gasteiger partial charge in [-0.25, -0.2) is 0 Å². The number of amides is 2. The predicted molar refractivity (Wildman–Crippen MR) is 125 cm³/mol. The molecule has 2 fully saturated rings. The SMILES string of the molecule is CCCC(=O)Nc1cccc(CNC(=NC)NC2CCN(C(=O)C3CCCCC3)C2)c1. The minimum absolute atomic E-state index is 0.0404. The van der Waals surface area contributed by atoms with Crippen molar-refractivity contribution in [2.45, 2.75) is 70.9 Å². The molecule has 7 heteroatoms. The fraction of sp³-hybridized carbons (Fsp3) is 0.625. The molecule has 1 aliphatic heterocycles. The summed E-state index contributed by atoms with van der Waals surface area (Å²) in [5.74, 6) is 1.35. The van der Waals surface area contributed by atoms with Gasteiger partial charge < -0.3 is 20.9 Å². The molecule has 0 radical (unpaired) electrons. The van der Waals surface area contributed by atoms with Gasteiger partial charge in [-0.1, -0.05) is 38.3 Å². The lowest BCUT2D eigenvalue weighted by molar-refractivity contribution is -0.135. The van der Waals surface area contributed by atoms with E-state index in [2.05, 4.69) is 20.9 Å². The van der Waals surface area contributed by atoms with Gasteiger partial charge in [-0.2, -0.15) is 0 Å². The van der Waals surface area contributed by atoms with Gasteiger partial charge in [0, 0.05) is 50.7 Å². The van der Waals surface area contributed by atoms with Crippen LogP contribution in [0.4, 0.5) is 5.69 Å². The van der Waals surface area contributed by atoms with Crippen LogP contribution >= 0.6 is 0 Å². The molecule has 1 heterocycles. The largest absolute Gasteiger partial charge is 0.352 e. The first-order valence-corrected chi connectivity index (χ1v) is 11.7. The molecular weight excluding hydrogens is 390 g/mol. The van der Waals surface area contributed by atoms with Crippen LogP contribution in [0.1, 0.15) is 63.9 Å². The zero-order valence-corrected chi connectivity index (χ0v) is 19.0. The second-order valence-corrected chi connectivity index (χ2v) is 8.67. The number of anilines is 1. The van der Waals surface area contributed by atoms with E-state index in [0.717, 1.165) is 56.0 Å². The van der Waals surface area contributed by atoms with Gasteiger partial charge in [0.2, 0.25) is 11.8 Å². The van der Waals surface area contributed by atoms with Crippen molar-refractivity contribution in [3.05, 3.63) is 29.8 Å². The summed E-state index contributed by atoms with van der Waals surface area (Å²) in [6, 6.07) is 8.07. The molecule has 1 atom stereocenters. The summed E-state index contributed by atoms with van der Waals surface area (Å²) in [5, 5.41) is 9.75. The zero-order chi connectivity index (χ0) is 22.1. The molecule has 31 heavy (non-hydrogen) atoms. The maximum absolute atomic E-state index is 12.8. The number of hydrogen-bond donors (Lipinski definition) is 3. The molecule has 1 aromatic carbocycles. The molecule has 1 saturated heterocycles. The van der Waals surface area contributed by atoms with Crippen LogP contribution in [0.15, 0.2) is 29.3 Å². The maximum atomic E-state index is 12.8. The highest BCUT2D eigenvalue weighted by atomic mass is 16.2. The van der Waals surface area contributed by atoms with Crippen molar-refractivity contribution in [3.8, 4) is 0 Å². The Morgan fingerprint density at radius 2 is 1.97 bits per heavy atom. The van der Waals surface area contributed by atoms with E-state index in [-0.39, 0.29) is 17.9 Å². The number of carbonyl (C=O) groups excluding carboxylic acids is 2. The average Bonchev–Trinajstić information content (AvgIpc) is 3.25. The van der Waals surface area contributed by atoms with Crippen LogP contribution in [0, 0.1) is 5.92 Å². The van der Waals surface area contributed by atoms with E-state index in [0.29, 0.717) is 18.9 Å². The summed E-state index contributed by atoms with van der Waals surface area (Å²) in [5.41, 5.74) is 1.88. The Hall–Kier alpha value is -2.57. The molecule has 1 saturated carbocycles. The van der Waals surface area contributed by atoms with Crippen LogP contribution in [0.5, 0.6) is 0 Å². The number of carbonyl (C=O) groups is 2. The van der Waals surface area contributed by atoms with E-state index in [4.69, 9.17) is 0 Å². The summed E-state index contributed by atoms with van der Waals surface area (Å²) < 4.78 is 0. The number of nitrogens with one attached hydrogen (secondary N) is 3. The second kappa shape index (κ2) is 11.7. The van der Waals surface area contributed by atoms with Gasteiger partial charge in [-0.15, -0.1) is 0 Å². The van der Waals surface area contributed by atoms with E-state index in [9.17, 15) is 9.59 Å². The van der Waals surface area contributed by atoms with Crippen LogP contribution in [0.3, 0.4) is 0 Å². The van der Waals surface area contributed by atoms with E-state index >= 15 is 0 Å². The number of likely N-dealkylation sites (tertiary alicyclic amines) is 1. The van der Waals surface area contributed by atoms with Crippen LogP contribution < -0.4 is 16.0 Å². The van der Waals surface area contributed by atoms with Crippen molar-refractivity contribution in [2.75, 3.05) is 25.5 Å². The summed E-state index contributed by atoms with van der Waals surface area (Å²) >= 11 is 0. The molecule has 0 bridgehead atoms. The van der Waals surface area contributed by atoms with Gasteiger partial charge in [0.1, 0.15) is 0 Å². The fourth-order valence-corrected chi connectivity index (χ4v) is 4.47. The van der Waals surface area contributed by atoms with Crippen LogP contribution in [0.2, 0.25) is 0 Å². The van der Waals surface area contributed by atoms with E-state index < -0.39 is 0 Å². The highest BCUT2D eigenvalue weighted by Crippen LogP contribution is 2.26. The third-order valence-electron chi connectivity index (χ3n) is 6.17. The molecule has 1 unspecified atom stereocenters. The fourth-order valence-electron chi connectivity index (χ4n) is 4.47. The summed E-state index contributed by atoms with van der Waals surface area (Å²) in [7, 11) is 1.76.